The van der Waals surface area contributed by atoms with Crippen molar-refractivity contribution >= 4 is 52.0 Å². The number of nitro benzene ring substituents is 1. The summed E-state index contributed by atoms with van der Waals surface area (Å²) < 4.78 is 0.927. The summed E-state index contributed by atoms with van der Waals surface area (Å²) >= 11 is 8.03. The third kappa shape index (κ3) is 4.25. The minimum absolute atomic E-state index is 0.102. The maximum absolute atomic E-state index is 11.9. The zero-order chi connectivity index (χ0) is 16.1. The molecule has 0 radical (unpaired) electrons. The Hall–Kier alpha value is -2.00. The van der Waals surface area contributed by atoms with Gasteiger partial charge in [-0.3, -0.25) is 14.9 Å². The lowest BCUT2D eigenvalue weighted by Crippen LogP contribution is -2.17. The van der Waals surface area contributed by atoms with E-state index < -0.39 is 4.92 Å². The fourth-order valence-electron chi connectivity index (χ4n) is 1.60. The van der Waals surface area contributed by atoms with Crippen LogP contribution in [0.15, 0.2) is 47.6 Å². The van der Waals surface area contributed by atoms with Crippen LogP contribution in [0.2, 0.25) is 5.02 Å². The molecule has 2 aromatic rings. The molecule has 0 saturated heterocycles. The summed E-state index contributed by atoms with van der Waals surface area (Å²) in [7, 11) is 0. The lowest BCUT2D eigenvalue weighted by molar-refractivity contribution is -0.384. The molecular formula is C14H9ClIN3O3. The highest BCUT2D eigenvalue weighted by atomic mass is 127. The predicted octanol–water partition coefficient (Wildman–Crippen LogP) is 3.62. The van der Waals surface area contributed by atoms with Crippen molar-refractivity contribution in [2.75, 3.05) is 0 Å². The van der Waals surface area contributed by atoms with Gasteiger partial charge in [-0.1, -0.05) is 17.7 Å². The van der Waals surface area contributed by atoms with E-state index in [1.54, 1.807) is 18.2 Å². The number of amides is 1. The molecule has 0 bridgehead atoms. The van der Waals surface area contributed by atoms with Crippen molar-refractivity contribution in [3.05, 3.63) is 72.3 Å². The zero-order valence-corrected chi connectivity index (χ0v) is 13.9. The molecule has 1 amide bonds. The van der Waals surface area contributed by atoms with Crippen molar-refractivity contribution in [1.82, 2.24) is 5.43 Å². The van der Waals surface area contributed by atoms with Crippen molar-refractivity contribution in [2.45, 2.75) is 0 Å². The molecule has 0 unspecified atom stereocenters. The van der Waals surface area contributed by atoms with E-state index >= 15 is 0 Å². The van der Waals surface area contributed by atoms with E-state index in [2.05, 4.69) is 33.1 Å². The number of nitrogens with zero attached hydrogens (tertiary/aromatic N) is 2. The molecule has 0 atom stereocenters. The Bertz CT molecular complexity index is 765. The minimum Gasteiger partial charge on any atom is -0.267 e. The first kappa shape index (κ1) is 16.4. The molecule has 6 nitrogen and oxygen atoms in total. The fourth-order valence-corrected chi connectivity index (χ4v) is 2.31. The van der Waals surface area contributed by atoms with Crippen LogP contribution >= 0.6 is 34.2 Å². The molecule has 0 heterocycles. The molecule has 0 aliphatic carbocycles. The van der Waals surface area contributed by atoms with Gasteiger partial charge in [0.2, 0.25) is 0 Å². The summed E-state index contributed by atoms with van der Waals surface area (Å²) in [6.45, 7) is 0. The van der Waals surface area contributed by atoms with Gasteiger partial charge in [-0.15, -0.1) is 0 Å². The highest BCUT2D eigenvalue weighted by Crippen LogP contribution is 2.20. The van der Waals surface area contributed by atoms with Crippen molar-refractivity contribution < 1.29 is 9.72 Å². The second-order valence-electron chi connectivity index (χ2n) is 4.17. The largest absolute Gasteiger partial charge is 0.271 e. The topological polar surface area (TPSA) is 84.6 Å². The molecule has 0 aliphatic heterocycles. The van der Waals surface area contributed by atoms with Crippen LogP contribution in [0.1, 0.15) is 15.9 Å². The van der Waals surface area contributed by atoms with E-state index in [0.717, 1.165) is 3.57 Å². The Balaban J connectivity index is 2.11. The van der Waals surface area contributed by atoms with Crippen LogP contribution in [-0.4, -0.2) is 17.0 Å². The van der Waals surface area contributed by atoms with E-state index in [1.165, 1.54) is 24.4 Å². The first-order valence-corrected chi connectivity index (χ1v) is 7.46. The van der Waals surface area contributed by atoms with Gasteiger partial charge in [-0.05, 0) is 46.9 Å². The minimum atomic E-state index is -0.530. The van der Waals surface area contributed by atoms with Crippen molar-refractivity contribution in [3.63, 3.8) is 0 Å². The second-order valence-corrected chi connectivity index (χ2v) is 5.83. The maximum atomic E-state index is 11.9. The summed E-state index contributed by atoms with van der Waals surface area (Å²) in [5, 5.41) is 14.8. The van der Waals surface area contributed by atoms with Gasteiger partial charge in [0.15, 0.2) is 0 Å². The highest BCUT2D eigenvalue weighted by molar-refractivity contribution is 14.1. The van der Waals surface area contributed by atoms with Gasteiger partial charge in [0.1, 0.15) is 0 Å². The van der Waals surface area contributed by atoms with Crippen LogP contribution in [-0.2, 0) is 0 Å². The Labute approximate surface area is 144 Å². The van der Waals surface area contributed by atoms with E-state index in [-0.39, 0.29) is 11.6 Å². The Morgan fingerprint density at radius 2 is 2.09 bits per heavy atom. The summed E-state index contributed by atoms with van der Waals surface area (Å²) in [5.41, 5.74) is 3.06. The van der Waals surface area contributed by atoms with Crippen molar-refractivity contribution in [1.29, 1.82) is 0 Å². The number of halogens is 2. The van der Waals surface area contributed by atoms with Crippen LogP contribution < -0.4 is 5.43 Å². The van der Waals surface area contributed by atoms with Gasteiger partial charge >= 0.3 is 0 Å². The van der Waals surface area contributed by atoms with Crippen LogP contribution in [0.25, 0.3) is 0 Å². The molecule has 2 rings (SSSR count). The molecule has 1 N–H and O–H groups in total. The van der Waals surface area contributed by atoms with Crippen molar-refractivity contribution in [3.8, 4) is 0 Å². The standard InChI is InChI=1S/C14H9ClIN3O3/c15-13-5-4-12(19(21)22)7-10(13)8-17-18-14(20)9-2-1-3-11(16)6-9/h1-8H,(H,18,20). The van der Waals surface area contributed by atoms with Crippen LogP contribution in [0.3, 0.4) is 0 Å². The van der Waals surface area contributed by atoms with E-state index in [4.69, 9.17) is 11.6 Å². The second kappa shape index (κ2) is 7.32. The van der Waals surface area contributed by atoms with Gasteiger partial charge in [0, 0.05) is 31.9 Å². The van der Waals surface area contributed by atoms with Gasteiger partial charge in [-0.2, -0.15) is 5.10 Å². The number of nitro groups is 1. The summed E-state index contributed by atoms with van der Waals surface area (Å²) in [6.07, 6.45) is 1.27. The number of carbonyl (C=O) groups excluding carboxylic acids is 1. The Kier molecular flexibility index (Phi) is 5.45. The number of non-ortho nitro benzene ring substituents is 1. The summed E-state index contributed by atoms with van der Waals surface area (Å²) in [5.74, 6) is -0.378. The Morgan fingerprint density at radius 3 is 2.77 bits per heavy atom. The van der Waals surface area contributed by atoms with E-state index in [1.807, 2.05) is 6.07 Å². The zero-order valence-electron chi connectivity index (χ0n) is 11.0. The van der Waals surface area contributed by atoms with Gasteiger partial charge in [-0.25, -0.2) is 5.43 Å². The van der Waals surface area contributed by atoms with Crippen LogP contribution in [0.5, 0.6) is 0 Å². The number of carbonyl (C=O) groups is 1. The molecule has 0 saturated carbocycles. The molecule has 112 valence electrons. The monoisotopic (exact) mass is 429 g/mol. The van der Waals surface area contributed by atoms with Gasteiger partial charge in [0.25, 0.3) is 11.6 Å². The third-order valence-corrected chi connectivity index (χ3v) is 3.66. The van der Waals surface area contributed by atoms with Crippen LogP contribution in [0.4, 0.5) is 5.69 Å². The van der Waals surface area contributed by atoms with E-state index in [9.17, 15) is 14.9 Å². The average Bonchev–Trinajstić information content (AvgIpc) is 2.48. The quantitative estimate of drug-likeness (QED) is 0.349. The fraction of sp³-hybridized carbons (Fsp3) is 0. The maximum Gasteiger partial charge on any atom is 0.271 e. The molecule has 0 spiro atoms. The number of benzene rings is 2. The number of hydrogen-bond acceptors (Lipinski definition) is 4. The number of hydrazone groups is 1. The molecule has 22 heavy (non-hydrogen) atoms. The molecular weight excluding hydrogens is 421 g/mol. The Morgan fingerprint density at radius 1 is 1.32 bits per heavy atom. The van der Waals surface area contributed by atoms with Gasteiger partial charge < -0.3 is 0 Å². The first-order valence-electron chi connectivity index (χ1n) is 6.00. The van der Waals surface area contributed by atoms with Crippen LogP contribution in [0, 0.1) is 13.7 Å². The average molecular weight is 430 g/mol. The predicted molar refractivity (Wildman–Crippen MR) is 92.3 cm³/mol. The van der Waals surface area contributed by atoms with Crippen molar-refractivity contribution in [2.24, 2.45) is 5.10 Å². The molecule has 2 aromatic carbocycles. The third-order valence-electron chi connectivity index (χ3n) is 2.65. The number of rotatable bonds is 4. The highest BCUT2D eigenvalue weighted by Gasteiger charge is 2.08. The molecule has 0 aromatic heterocycles. The normalized spacial score (nSPS) is 10.6. The molecule has 0 aliphatic rings. The number of nitrogens with one attached hydrogen (secondary N) is 1. The first-order chi connectivity index (χ1) is 10.5. The lowest BCUT2D eigenvalue weighted by atomic mass is 10.2. The van der Waals surface area contributed by atoms with Gasteiger partial charge in [0.05, 0.1) is 11.1 Å². The summed E-state index contributed by atoms with van der Waals surface area (Å²) in [6, 6.07) is 11.0. The SMILES string of the molecule is O=C(NN=Cc1cc([N+](=O)[O-])ccc1Cl)c1cccc(I)c1. The molecule has 8 heteroatoms. The smallest absolute Gasteiger partial charge is 0.267 e. The number of hydrogen-bond donors (Lipinski definition) is 1. The lowest BCUT2D eigenvalue weighted by Gasteiger charge is -2.01. The summed E-state index contributed by atoms with van der Waals surface area (Å²) in [4.78, 5) is 22.1. The molecule has 0 fully saturated rings. The van der Waals surface area contributed by atoms with E-state index in [0.29, 0.717) is 16.1 Å².